The number of halogens is 1. The van der Waals surface area contributed by atoms with E-state index in [1.807, 2.05) is 26.8 Å². The molecule has 2 unspecified atom stereocenters. The van der Waals surface area contributed by atoms with Gasteiger partial charge in [-0.05, 0) is 26.8 Å². The van der Waals surface area contributed by atoms with Gasteiger partial charge in [-0.3, -0.25) is 0 Å². The van der Waals surface area contributed by atoms with E-state index >= 15 is 0 Å². The summed E-state index contributed by atoms with van der Waals surface area (Å²) in [6, 6.07) is 1.98. The summed E-state index contributed by atoms with van der Waals surface area (Å²) in [5.41, 5.74) is 8.99. The predicted octanol–water partition coefficient (Wildman–Crippen LogP) is 2.81. The van der Waals surface area contributed by atoms with Gasteiger partial charge in [0.05, 0.1) is 17.9 Å². The lowest BCUT2D eigenvalue weighted by atomic mass is 9.54. The average molecular weight is 393 g/mol. The second-order valence-electron chi connectivity index (χ2n) is 7.60. The molecule has 2 N–H and O–H groups in total. The summed E-state index contributed by atoms with van der Waals surface area (Å²) < 4.78 is 13.1. The molecule has 0 amide bonds. The van der Waals surface area contributed by atoms with Crippen LogP contribution >= 0.6 is 12.4 Å². The Hall–Kier alpha value is -2.03. The maximum atomic E-state index is 6.64. The van der Waals surface area contributed by atoms with Crippen molar-refractivity contribution in [1.82, 2.24) is 24.7 Å². The van der Waals surface area contributed by atoms with Crippen LogP contribution in [0.1, 0.15) is 44.5 Å². The normalized spacial score (nSPS) is 23.9. The molecule has 0 radical (unpaired) electrons. The van der Waals surface area contributed by atoms with Gasteiger partial charge in [0.1, 0.15) is 5.54 Å². The fourth-order valence-corrected chi connectivity index (χ4v) is 3.74. The van der Waals surface area contributed by atoms with Gasteiger partial charge < -0.3 is 15.0 Å². The molecular formula is C18H25ClN6O2. The molecule has 1 aliphatic rings. The number of ether oxygens (including phenoxy) is 1. The second kappa shape index (κ2) is 6.54. The monoisotopic (exact) mass is 392 g/mol. The van der Waals surface area contributed by atoms with E-state index < -0.39 is 5.54 Å². The molecule has 3 aromatic heterocycles. The number of hydrogen-bond acceptors (Lipinski definition) is 7. The van der Waals surface area contributed by atoms with E-state index in [2.05, 4.69) is 34.1 Å². The Morgan fingerprint density at radius 1 is 1.33 bits per heavy atom. The lowest BCUT2D eigenvalue weighted by Crippen LogP contribution is -2.67. The molecule has 2 atom stereocenters. The van der Waals surface area contributed by atoms with Crippen LogP contribution in [0.4, 0.5) is 0 Å². The van der Waals surface area contributed by atoms with E-state index in [0.29, 0.717) is 30.4 Å². The Labute approximate surface area is 163 Å². The lowest BCUT2D eigenvalue weighted by Gasteiger charge is -2.56. The first-order chi connectivity index (χ1) is 12.3. The first kappa shape index (κ1) is 19.7. The topological polar surface area (TPSA) is 104 Å². The summed E-state index contributed by atoms with van der Waals surface area (Å²) in [4.78, 5) is 9.17. The SMILES string of the molecule is CCOC1CC(N)(c2nc(-c3cnn4c(C)cc(C)nc34)no2)C1(C)C.Cl. The number of rotatable bonds is 4. The van der Waals surface area contributed by atoms with Crippen molar-refractivity contribution in [2.75, 3.05) is 6.61 Å². The minimum absolute atomic E-state index is 0. The zero-order valence-electron chi connectivity index (χ0n) is 16.2. The largest absolute Gasteiger partial charge is 0.378 e. The molecule has 0 aromatic carbocycles. The van der Waals surface area contributed by atoms with Crippen molar-refractivity contribution in [1.29, 1.82) is 0 Å². The zero-order chi connectivity index (χ0) is 18.7. The average Bonchev–Trinajstić information content (AvgIpc) is 3.21. The van der Waals surface area contributed by atoms with Crippen LogP contribution in [0.3, 0.4) is 0 Å². The summed E-state index contributed by atoms with van der Waals surface area (Å²) in [6.45, 7) is 10.7. The lowest BCUT2D eigenvalue weighted by molar-refractivity contribution is -0.162. The standard InChI is InChI=1S/C18H24N6O2.ClH/c1-6-25-13-8-18(19,17(13,4)5)16-22-14(23-26-16)12-9-20-24-11(3)7-10(2)21-15(12)24;/h7,9,13H,6,8,19H2,1-5H3;1H. The van der Waals surface area contributed by atoms with Crippen molar-refractivity contribution < 1.29 is 9.26 Å². The van der Waals surface area contributed by atoms with Gasteiger partial charge >= 0.3 is 0 Å². The fourth-order valence-electron chi connectivity index (χ4n) is 3.74. The summed E-state index contributed by atoms with van der Waals surface area (Å²) >= 11 is 0. The fraction of sp³-hybridized carbons (Fsp3) is 0.556. The van der Waals surface area contributed by atoms with Crippen molar-refractivity contribution in [3.8, 4) is 11.4 Å². The highest BCUT2D eigenvalue weighted by molar-refractivity contribution is 5.85. The molecule has 1 saturated carbocycles. The molecule has 3 heterocycles. The van der Waals surface area contributed by atoms with Crippen LogP contribution in [-0.2, 0) is 10.3 Å². The molecule has 0 saturated heterocycles. The second-order valence-corrected chi connectivity index (χ2v) is 7.60. The maximum absolute atomic E-state index is 6.64. The van der Waals surface area contributed by atoms with Gasteiger partial charge in [-0.15, -0.1) is 12.4 Å². The summed E-state index contributed by atoms with van der Waals surface area (Å²) in [6.07, 6.45) is 2.44. The van der Waals surface area contributed by atoms with Gasteiger partial charge in [0.25, 0.3) is 0 Å². The summed E-state index contributed by atoms with van der Waals surface area (Å²) in [7, 11) is 0. The Balaban J connectivity index is 0.00000210. The van der Waals surface area contributed by atoms with Crippen LogP contribution in [0, 0.1) is 19.3 Å². The third-order valence-corrected chi connectivity index (χ3v) is 5.66. The van der Waals surface area contributed by atoms with Crippen molar-refractivity contribution in [3.05, 3.63) is 29.5 Å². The Morgan fingerprint density at radius 2 is 2.07 bits per heavy atom. The highest BCUT2D eigenvalue weighted by Crippen LogP contribution is 2.55. The molecule has 146 valence electrons. The molecule has 8 nitrogen and oxygen atoms in total. The molecule has 1 aliphatic carbocycles. The molecule has 4 rings (SSSR count). The van der Waals surface area contributed by atoms with Gasteiger partial charge in [-0.1, -0.05) is 19.0 Å². The van der Waals surface area contributed by atoms with Crippen molar-refractivity contribution in [3.63, 3.8) is 0 Å². The molecule has 0 bridgehead atoms. The molecule has 27 heavy (non-hydrogen) atoms. The first-order valence-corrected chi connectivity index (χ1v) is 8.85. The maximum Gasteiger partial charge on any atom is 0.247 e. The van der Waals surface area contributed by atoms with Gasteiger partial charge in [-0.25, -0.2) is 9.50 Å². The smallest absolute Gasteiger partial charge is 0.247 e. The van der Waals surface area contributed by atoms with Gasteiger partial charge in [0.2, 0.25) is 11.7 Å². The van der Waals surface area contributed by atoms with E-state index in [-0.39, 0.29) is 23.9 Å². The molecular weight excluding hydrogens is 368 g/mol. The van der Waals surface area contributed by atoms with Crippen molar-refractivity contribution in [2.24, 2.45) is 11.1 Å². The van der Waals surface area contributed by atoms with Crippen LogP contribution in [0.5, 0.6) is 0 Å². The van der Waals surface area contributed by atoms with Crippen LogP contribution in [-0.4, -0.2) is 37.4 Å². The minimum Gasteiger partial charge on any atom is -0.378 e. The van der Waals surface area contributed by atoms with Crippen LogP contribution < -0.4 is 5.73 Å². The Kier molecular flexibility index (Phi) is 4.78. The first-order valence-electron chi connectivity index (χ1n) is 8.85. The number of hydrogen-bond donors (Lipinski definition) is 1. The zero-order valence-corrected chi connectivity index (χ0v) is 17.0. The third-order valence-electron chi connectivity index (χ3n) is 5.66. The van der Waals surface area contributed by atoms with Crippen molar-refractivity contribution >= 4 is 18.1 Å². The van der Waals surface area contributed by atoms with E-state index in [4.69, 9.17) is 15.0 Å². The molecule has 0 spiro atoms. The summed E-state index contributed by atoms with van der Waals surface area (Å²) in [5.74, 6) is 0.880. The molecule has 9 heteroatoms. The third kappa shape index (κ3) is 2.74. The number of aromatic nitrogens is 5. The highest BCUT2D eigenvalue weighted by Gasteiger charge is 2.62. The van der Waals surface area contributed by atoms with Gasteiger partial charge in [0.15, 0.2) is 5.65 Å². The Morgan fingerprint density at radius 3 is 2.74 bits per heavy atom. The van der Waals surface area contributed by atoms with E-state index in [9.17, 15) is 0 Å². The van der Waals surface area contributed by atoms with E-state index in [0.717, 1.165) is 17.0 Å². The van der Waals surface area contributed by atoms with Gasteiger partial charge in [0, 0.05) is 29.8 Å². The molecule has 0 aliphatic heterocycles. The number of nitrogens with zero attached hydrogens (tertiary/aromatic N) is 5. The number of aryl methyl sites for hydroxylation is 2. The Bertz CT molecular complexity index is 982. The highest BCUT2D eigenvalue weighted by atomic mass is 35.5. The molecule has 3 aromatic rings. The number of nitrogens with two attached hydrogens (primary N) is 1. The van der Waals surface area contributed by atoms with Gasteiger partial charge in [-0.2, -0.15) is 10.1 Å². The van der Waals surface area contributed by atoms with Crippen LogP contribution in [0.25, 0.3) is 17.0 Å². The van der Waals surface area contributed by atoms with Crippen molar-refractivity contribution in [2.45, 2.75) is 52.7 Å². The quantitative estimate of drug-likeness (QED) is 0.727. The number of fused-ring (bicyclic) bond motifs is 1. The minimum atomic E-state index is -0.708. The van der Waals surface area contributed by atoms with E-state index in [1.165, 1.54) is 0 Å². The van der Waals surface area contributed by atoms with Crippen LogP contribution in [0.15, 0.2) is 16.8 Å². The van der Waals surface area contributed by atoms with E-state index in [1.54, 1.807) is 10.7 Å². The molecule has 1 fully saturated rings. The predicted molar refractivity (Wildman–Crippen MR) is 103 cm³/mol. The summed E-state index contributed by atoms with van der Waals surface area (Å²) in [5, 5.41) is 8.54. The van der Waals surface area contributed by atoms with Crippen LogP contribution in [0.2, 0.25) is 0 Å².